The first kappa shape index (κ1) is 30.4. The van der Waals surface area contributed by atoms with E-state index in [1.54, 1.807) is 36.6 Å². The summed E-state index contributed by atoms with van der Waals surface area (Å²) in [6.45, 7) is 0. The zero-order valence-electron chi connectivity index (χ0n) is 19.6. The fraction of sp³-hybridized carbons (Fsp3) is 0.455. The molecule has 4 atom stereocenters. The van der Waals surface area contributed by atoms with Crippen molar-refractivity contribution < 1.29 is 39.0 Å². The van der Waals surface area contributed by atoms with E-state index in [9.17, 15) is 39.0 Å². The van der Waals surface area contributed by atoms with E-state index in [1.807, 2.05) is 0 Å². The molecule has 0 radical (unpaired) electrons. The molecule has 198 valence electrons. The lowest BCUT2D eigenvalue weighted by molar-refractivity contribution is -0.143. The topological polar surface area (TPSA) is 231 Å². The Morgan fingerprint density at radius 2 is 1.42 bits per heavy atom. The number of hydrogen-bond donors (Lipinski definition) is 7. The first-order chi connectivity index (χ1) is 16.9. The highest BCUT2D eigenvalue weighted by molar-refractivity contribution is 7.98. The number of rotatable bonds is 16. The molecule has 0 aliphatic heterocycles. The molecule has 14 heteroatoms. The average molecular weight is 526 g/mol. The van der Waals surface area contributed by atoms with E-state index in [2.05, 4.69) is 16.0 Å². The minimum absolute atomic E-state index is 0.0395. The van der Waals surface area contributed by atoms with Crippen LogP contribution in [0.4, 0.5) is 0 Å². The number of benzene rings is 1. The number of aliphatic carboxylic acids is 2. The third kappa shape index (κ3) is 11.2. The fourth-order valence-corrected chi connectivity index (χ4v) is 3.54. The fourth-order valence-electron chi connectivity index (χ4n) is 3.07. The van der Waals surface area contributed by atoms with E-state index < -0.39 is 72.6 Å². The summed E-state index contributed by atoms with van der Waals surface area (Å²) in [6, 6.07) is 2.99. The van der Waals surface area contributed by atoms with Crippen molar-refractivity contribution in [2.24, 2.45) is 11.5 Å². The van der Waals surface area contributed by atoms with Gasteiger partial charge < -0.3 is 37.6 Å². The minimum Gasteiger partial charge on any atom is -0.481 e. The van der Waals surface area contributed by atoms with Gasteiger partial charge in [0.15, 0.2) is 0 Å². The monoisotopic (exact) mass is 525 g/mol. The number of amides is 4. The maximum atomic E-state index is 13.0. The Kier molecular flexibility index (Phi) is 13.0. The molecule has 9 N–H and O–H groups in total. The first-order valence-electron chi connectivity index (χ1n) is 10.9. The van der Waals surface area contributed by atoms with Crippen LogP contribution in [0.2, 0.25) is 0 Å². The molecule has 0 bridgehead atoms. The van der Waals surface area contributed by atoms with Crippen LogP contribution < -0.4 is 27.4 Å². The lowest BCUT2D eigenvalue weighted by Gasteiger charge is -2.24. The van der Waals surface area contributed by atoms with Crippen LogP contribution in [0.3, 0.4) is 0 Å². The van der Waals surface area contributed by atoms with Gasteiger partial charge in [0.25, 0.3) is 0 Å². The summed E-state index contributed by atoms with van der Waals surface area (Å²) in [4.78, 5) is 72.0. The Bertz CT molecular complexity index is 946. The van der Waals surface area contributed by atoms with Crippen molar-refractivity contribution >= 4 is 47.3 Å². The lowest BCUT2D eigenvalue weighted by atomic mass is 10.0. The second kappa shape index (κ2) is 15.4. The highest BCUT2D eigenvalue weighted by Crippen LogP contribution is 2.07. The molecule has 0 heterocycles. The van der Waals surface area contributed by atoms with Crippen molar-refractivity contribution in [2.75, 3.05) is 12.0 Å². The second-order valence-electron chi connectivity index (χ2n) is 7.87. The first-order valence-corrected chi connectivity index (χ1v) is 12.3. The number of nitrogens with two attached hydrogens (primary N) is 2. The largest absolute Gasteiger partial charge is 0.481 e. The molecule has 1 aromatic rings. The van der Waals surface area contributed by atoms with Crippen molar-refractivity contribution in [3.8, 4) is 0 Å². The number of carbonyl (C=O) groups excluding carboxylic acids is 4. The molecule has 0 saturated carbocycles. The Labute approximate surface area is 211 Å². The highest BCUT2D eigenvalue weighted by Gasteiger charge is 2.31. The molecule has 13 nitrogen and oxygen atoms in total. The van der Waals surface area contributed by atoms with Crippen LogP contribution in [0.25, 0.3) is 0 Å². The molecule has 0 fully saturated rings. The predicted molar refractivity (Wildman–Crippen MR) is 131 cm³/mol. The van der Waals surface area contributed by atoms with Gasteiger partial charge in [-0.25, -0.2) is 4.79 Å². The van der Waals surface area contributed by atoms with Crippen molar-refractivity contribution in [2.45, 2.75) is 49.9 Å². The number of nitrogens with one attached hydrogen (secondary N) is 3. The third-order valence-corrected chi connectivity index (χ3v) is 5.55. The number of hydrogen-bond acceptors (Lipinski definition) is 8. The molecule has 4 unspecified atom stereocenters. The standard InChI is InChI=1S/C22H31N5O8S/c1-36-8-7-14(22(34)35)25-20(32)15(9-12-5-3-2-4-6-12)27-21(33)16(11-18(29)30)26-19(31)13(23)10-17(24)28/h2-6,13-16H,7-11,23H2,1H3,(H2,24,28)(H,25,32)(H,26,31)(H,27,33)(H,29,30)(H,34,35). The van der Waals surface area contributed by atoms with Gasteiger partial charge in [0, 0.05) is 6.42 Å². The summed E-state index contributed by atoms with van der Waals surface area (Å²) >= 11 is 1.40. The van der Waals surface area contributed by atoms with E-state index >= 15 is 0 Å². The van der Waals surface area contributed by atoms with Crippen molar-refractivity contribution in [1.29, 1.82) is 0 Å². The predicted octanol–water partition coefficient (Wildman–Crippen LogP) is -1.80. The number of primary amides is 1. The van der Waals surface area contributed by atoms with Gasteiger partial charge in [0.1, 0.15) is 18.1 Å². The van der Waals surface area contributed by atoms with Gasteiger partial charge in [-0.1, -0.05) is 30.3 Å². The molecule has 0 aromatic heterocycles. The number of thioether (sulfide) groups is 1. The maximum absolute atomic E-state index is 13.0. The Morgan fingerprint density at radius 1 is 0.861 bits per heavy atom. The van der Waals surface area contributed by atoms with Crippen LogP contribution in [0.5, 0.6) is 0 Å². The number of carboxylic acid groups (broad SMARTS) is 2. The molecule has 36 heavy (non-hydrogen) atoms. The summed E-state index contributed by atoms with van der Waals surface area (Å²) in [5, 5.41) is 25.6. The van der Waals surface area contributed by atoms with Crippen molar-refractivity contribution in [1.82, 2.24) is 16.0 Å². The number of carboxylic acids is 2. The zero-order chi connectivity index (χ0) is 27.3. The lowest BCUT2D eigenvalue weighted by Crippen LogP contribution is -2.58. The maximum Gasteiger partial charge on any atom is 0.326 e. The Balaban J connectivity index is 3.11. The molecule has 0 aliphatic rings. The molecule has 1 aromatic carbocycles. The van der Waals surface area contributed by atoms with Crippen LogP contribution in [-0.4, -0.2) is 82.0 Å². The summed E-state index contributed by atoms with van der Waals surface area (Å²) in [6.07, 6.45) is 0.516. The molecule has 0 saturated heterocycles. The van der Waals surface area contributed by atoms with Gasteiger partial charge in [-0.2, -0.15) is 11.8 Å². The molecular weight excluding hydrogens is 494 g/mol. The zero-order valence-corrected chi connectivity index (χ0v) is 20.5. The van der Waals surface area contributed by atoms with Gasteiger partial charge in [-0.3, -0.25) is 24.0 Å². The Morgan fingerprint density at radius 3 is 1.94 bits per heavy atom. The van der Waals surface area contributed by atoms with Crippen molar-refractivity contribution in [3.05, 3.63) is 35.9 Å². The van der Waals surface area contributed by atoms with Gasteiger partial charge >= 0.3 is 11.9 Å². The normalized spacial score (nSPS) is 13.9. The van der Waals surface area contributed by atoms with Crippen LogP contribution in [0.15, 0.2) is 30.3 Å². The van der Waals surface area contributed by atoms with Crippen LogP contribution in [0.1, 0.15) is 24.8 Å². The highest BCUT2D eigenvalue weighted by atomic mass is 32.2. The van der Waals surface area contributed by atoms with Gasteiger partial charge in [0.05, 0.1) is 18.9 Å². The molecule has 0 spiro atoms. The van der Waals surface area contributed by atoms with E-state index in [0.717, 1.165) is 0 Å². The van der Waals surface area contributed by atoms with E-state index in [4.69, 9.17) is 11.5 Å². The summed E-state index contributed by atoms with van der Waals surface area (Å²) in [7, 11) is 0. The smallest absolute Gasteiger partial charge is 0.326 e. The second-order valence-corrected chi connectivity index (χ2v) is 8.85. The van der Waals surface area contributed by atoms with Crippen LogP contribution in [0, 0.1) is 0 Å². The van der Waals surface area contributed by atoms with E-state index in [0.29, 0.717) is 11.3 Å². The van der Waals surface area contributed by atoms with Crippen molar-refractivity contribution in [3.63, 3.8) is 0 Å². The third-order valence-electron chi connectivity index (χ3n) is 4.91. The number of carbonyl (C=O) groups is 6. The molecule has 1 rings (SSSR count). The van der Waals surface area contributed by atoms with Crippen LogP contribution in [-0.2, 0) is 35.2 Å². The molecular formula is C22H31N5O8S. The van der Waals surface area contributed by atoms with Crippen LogP contribution >= 0.6 is 11.8 Å². The average Bonchev–Trinajstić information content (AvgIpc) is 2.80. The molecule has 0 aliphatic carbocycles. The van der Waals surface area contributed by atoms with Gasteiger partial charge in [-0.05, 0) is 24.0 Å². The minimum atomic E-state index is -1.63. The summed E-state index contributed by atoms with van der Waals surface area (Å²) in [5.74, 6) is -5.87. The Hall–Kier alpha value is -3.65. The molecule has 4 amide bonds. The van der Waals surface area contributed by atoms with E-state index in [1.165, 1.54) is 11.8 Å². The summed E-state index contributed by atoms with van der Waals surface area (Å²) in [5.41, 5.74) is 11.2. The van der Waals surface area contributed by atoms with E-state index in [-0.39, 0.29) is 12.8 Å². The SMILES string of the molecule is CSCCC(NC(=O)C(Cc1ccccc1)NC(=O)C(CC(=O)O)NC(=O)C(N)CC(N)=O)C(=O)O. The summed E-state index contributed by atoms with van der Waals surface area (Å²) < 4.78 is 0. The van der Waals surface area contributed by atoms with Gasteiger partial charge in [-0.15, -0.1) is 0 Å². The van der Waals surface area contributed by atoms with Gasteiger partial charge in [0.2, 0.25) is 23.6 Å². The quantitative estimate of drug-likeness (QED) is 0.128.